The van der Waals surface area contributed by atoms with Gasteiger partial charge in [-0.15, -0.1) is 22.7 Å². The van der Waals surface area contributed by atoms with Gasteiger partial charge in [0.15, 0.2) is 0 Å². The maximum atomic E-state index is 12.5. The molecule has 4 aromatic rings. The number of aryl methyl sites for hydroxylation is 1. The summed E-state index contributed by atoms with van der Waals surface area (Å²) in [5.41, 5.74) is 1.47. The summed E-state index contributed by atoms with van der Waals surface area (Å²) < 4.78 is 10.9. The second kappa shape index (κ2) is 8.87. The number of benzene rings is 1. The monoisotopic (exact) mass is 508 g/mol. The minimum atomic E-state index is -0.737. The van der Waals surface area contributed by atoms with Gasteiger partial charge in [-0.05, 0) is 67.8 Å². The summed E-state index contributed by atoms with van der Waals surface area (Å²) in [6, 6.07) is 13.5. The van der Waals surface area contributed by atoms with E-state index in [1.807, 2.05) is 56.3 Å². The van der Waals surface area contributed by atoms with Crippen molar-refractivity contribution >= 4 is 61.4 Å². The third kappa shape index (κ3) is 4.32. The molecule has 34 heavy (non-hydrogen) atoms. The average Bonchev–Trinajstić information content (AvgIpc) is 3.26. The van der Waals surface area contributed by atoms with E-state index < -0.39 is 17.5 Å². The molecule has 1 fully saturated rings. The Morgan fingerprint density at radius 2 is 1.94 bits per heavy atom. The molecule has 3 heterocycles. The van der Waals surface area contributed by atoms with Crippen LogP contribution in [0.1, 0.15) is 51.8 Å². The fourth-order valence-corrected chi connectivity index (χ4v) is 6.88. The number of amides is 1. The van der Waals surface area contributed by atoms with Gasteiger partial charge in [-0.1, -0.05) is 30.3 Å². The van der Waals surface area contributed by atoms with Gasteiger partial charge in [-0.3, -0.25) is 10.1 Å². The van der Waals surface area contributed by atoms with E-state index in [9.17, 15) is 14.7 Å². The molecule has 3 aromatic heterocycles. The van der Waals surface area contributed by atoms with E-state index in [1.165, 1.54) is 11.5 Å². The van der Waals surface area contributed by atoms with Gasteiger partial charge in [-0.2, -0.15) is 4.37 Å². The number of anilines is 1. The van der Waals surface area contributed by atoms with E-state index in [0.29, 0.717) is 29.1 Å². The predicted molar refractivity (Wildman–Crippen MR) is 136 cm³/mol. The van der Waals surface area contributed by atoms with Crippen molar-refractivity contribution in [3.63, 3.8) is 0 Å². The Hall–Kier alpha value is -3.19. The summed E-state index contributed by atoms with van der Waals surface area (Å²) >= 11 is 4.32. The maximum absolute atomic E-state index is 12.5. The zero-order valence-electron chi connectivity index (χ0n) is 18.4. The number of carboxylic acid groups (broad SMARTS) is 1. The lowest BCUT2D eigenvalue weighted by atomic mass is 10.1. The van der Waals surface area contributed by atoms with Gasteiger partial charge < -0.3 is 9.84 Å². The van der Waals surface area contributed by atoms with E-state index in [4.69, 9.17) is 4.74 Å². The lowest BCUT2D eigenvalue weighted by Crippen LogP contribution is -2.17. The molecule has 0 spiro atoms. The van der Waals surface area contributed by atoms with Gasteiger partial charge in [0.1, 0.15) is 16.4 Å². The zero-order valence-corrected chi connectivity index (χ0v) is 20.8. The quantitative estimate of drug-likeness (QED) is 0.298. The highest BCUT2D eigenvalue weighted by Gasteiger charge is 2.53. The van der Waals surface area contributed by atoms with Crippen LogP contribution in [-0.2, 0) is 14.9 Å². The van der Waals surface area contributed by atoms with Gasteiger partial charge in [0, 0.05) is 10.3 Å². The number of hydrogen-bond acceptors (Lipinski definition) is 7. The van der Waals surface area contributed by atoms with Gasteiger partial charge >= 0.3 is 12.1 Å². The SMILES string of the molecule is Cc1nsc(C#Cc2cc3cc(C4(C(=O)O)CC4)sc3s2)c1NC(=O)OC(C)c1ccccc1. The van der Waals surface area contributed by atoms with Gasteiger partial charge in [-0.25, -0.2) is 4.79 Å². The third-order valence-electron chi connectivity index (χ3n) is 5.79. The first-order valence-electron chi connectivity index (χ1n) is 10.6. The average molecular weight is 509 g/mol. The van der Waals surface area contributed by atoms with Crippen LogP contribution >= 0.6 is 34.2 Å². The fourth-order valence-electron chi connectivity index (χ4n) is 3.63. The van der Waals surface area contributed by atoms with E-state index >= 15 is 0 Å². The molecule has 0 bridgehead atoms. The van der Waals surface area contributed by atoms with E-state index in [0.717, 1.165) is 24.7 Å². The van der Waals surface area contributed by atoms with Crippen molar-refractivity contribution in [3.8, 4) is 11.8 Å². The summed E-state index contributed by atoms with van der Waals surface area (Å²) in [4.78, 5) is 26.5. The van der Waals surface area contributed by atoms with Crippen LogP contribution in [0.25, 0.3) is 9.40 Å². The highest BCUT2D eigenvalue weighted by Crippen LogP contribution is 2.52. The van der Waals surface area contributed by atoms with E-state index in [2.05, 4.69) is 21.5 Å². The number of thiophene rings is 2. The topological polar surface area (TPSA) is 88.5 Å². The van der Waals surface area contributed by atoms with Crippen molar-refractivity contribution in [2.24, 2.45) is 0 Å². The van der Waals surface area contributed by atoms with Crippen LogP contribution in [-0.4, -0.2) is 21.5 Å². The first-order valence-corrected chi connectivity index (χ1v) is 13.0. The molecule has 9 heteroatoms. The van der Waals surface area contributed by atoms with Crippen molar-refractivity contribution in [1.82, 2.24) is 4.37 Å². The molecule has 0 aliphatic heterocycles. The molecule has 1 aliphatic carbocycles. The number of carboxylic acids is 1. The van der Waals surface area contributed by atoms with Crippen LogP contribution in [0.4, 0.5) is 10.5 Å². The van der Waals surface area contributed by atoms with Gasteiger partial charge in [0.2, 0.25) is 0 Å². The molecule has 1 unspecified atom stereocenters. The van der Waals surface area contributed by atoms with Gasteiger partial charge in [0.25, 0.3) is 0 Å². The smallest absolute Gasteiger partial charge is 0.412 e. The van der Waals surface area contributed by atoms with Crippen LogP contribution in [0.3, 0.4) is 0 Å². The molecule has 5 rings (SSSR count). The standard InChI is InChI=1S/C25H20N2O4S3/c1-14-21(26-24(30)31-15(2)16-6-4-3-5-7-16)19(34-27-14)9-8-18-12-17-13-20(33-22(17)32-18)25(10-11-25)23(28)29/h3-7,12-13,15H,10-11H2,1-2H3,(H,26,30)(H,28,29). The number of aromatic nitrogens is 1. The molecule has 1 atom stereocenters. The molecule has 0 radical (unpaired) electrons. The number of fused-ring (bicyclic) bond motifs is 1. The summed E-state index contributed by atoms with van der Waals surface area (Å²) in [7, 11) is 0. The number of aliphatic carboxylic acids is 1. The largest absolute Gasteiger partial charge is 0.481 e. The van der Waals surface area contributed by atoms with Crippen molar-refractivity contribution in [2.45, 2.75) is 38.2 Å². The van der Waals surface area contributed by atoms with Crippen molar-refractivity contribution in [3.05, 3.63) is 68.4 Å². The summed E-state index contributed by atoms with van der Waals surface area (Å²) in [6.07, 6.45) is 0.466. The molecule has 6 nitrogen and oxygen atoms in total. The summed E-state index contributed by atoms with van der Waals surface area (Å²) in [6.45, 7) is 3.64. The number of carbonyl (C=O) groups excluding carboxylic acids is 1. The second-order valence-corrected chi connectivity index (χ2v) is 11.3. The third-order valence-corrected chi connectivity index (χ3v) is 9.15. The van der Waals surface area contributed by atoms with Crippen LogP contribution in [0, 0.1) is 18.8 Å². The number of carbonyl (C=O) groups is 2. The van der Waals surface area contributed by atoms with Crippen LogP contribution in [0.15, 0.2) is 42.5 Å². The first-order chi connectivity index (χ1) is 16.4. The normalized spacial score (nSPS) is 14.8. The Morgan fingerprint density at radius 3 is 2.62 bits per heavy atom. The highest BCUT2D eigenvalue weighted by molar-refractivity contribution is 7.38. The maximum Gasteiger partial charge on any atom is 0.412 e. The lowest BCUT2D eigenvalue weighted by molar-refractivity contribution is -0.139. The summed E-state index contributed by atoms with van der Waals surface area (Å²) in [5.74, 6) is 5.55. The highest BCUT2D eigenvalue weighted by atomic mass is 32.2. The Labute approximate surface area is 208 Å². The molecular formula is C25H20N2O4S3. The Balaban J connectivity index is 1.30. The predicted octanol–water partition coefficient (Wildman–Crippen LogP) is 6.55. The number of ether oxygens (including phenoxy) is 1. The number of nitrogens with one attached hydrogen (secondary N) is 1. The first kappa shape index (κ1) is 22.6. The molecule has 1 saturated carbocycles. The van der Waals surface area contributed by atoms with Crippen LogP contribution in [0.5, 0.6) is 0 Å². The Morgan fingerprint density at radius 1 is 1.18 bits per heavy atom. The molecule has 2 N–H and O–H groups in total. The minimum Gasteiger partial charge on any atom is -0.481 e. The molecule has 1 amide bonds. The van der Waals surface area contributed by atoms with E-state index in [-0.39, 0.29) is 6.10 Å². The molecule has 1 aromatic carbocycles. The van der Waals surface area contributed by atoms with Crippen LogP contribution < -0.4 is 5.32 Å². The fraction of sp³-hybridized carbons (Fsp3) is 0.240. The number of hydrogen-bond donors (Lipinski definition) is 2. The number of rotatable bonds is 5. The zero-order chi connectivity index (χ0) is 23.9. The van der Waals surface area contributed by atoms with Crippen LogP contribution in [0.2, 0.25) is 0 Å². The molecule has 0 saturated heterocycles. The molecule has 172 valence electrons. The molecule has 1 aliphatic rings. The van der Waals surface area contributed by atoms with Crippen molar-refractivity contribution in [2.75, 3.05) is 5.32 Å². The second-order valence-electron chi connectivity index (χ2n) is 8.16. The Bertz CT molecular complexity index is 1420. The van der Waals surface area contributed by atoms with Crippen molar-refractivity contribution in [1.29, 1.82) is 0 Å². The molecular weight excluding hydrogens is 488 g/mol. The lowest BCUT2D eigenvalue weighted by Gasteiger charge is -2.14. The van der Waals surface area contributed by atoms with Crippen molar-refractivity contribution < 1.29 is 19.4 Å². The Kier molecular flexibility index (Phi) is 5.90. The minimum absolute atomic E-state index is 0.387. The number of nitrogens with zero attached hydrogens (tertiary/aromatic N) is 1. The van der Waals surface area contributed by atoms with E-state index in [1.54, 1.807) is 22.7 Å². The summed E-state index contributed by atoms with van der Waals surface area (Å²) in [5, 5.41) is 13.3. The van der Waals surface area contributed by atoms with Gasteiger partial charge in [0.05, 0.1) is 20.3 Å².